The number of aryl methyl sites for hydroxylation is 2. The number of H-pyrrole nitrogens is 1. The first-order chi connectivity index (χ1) is 10.9. The number of amides is 2. The number of nitrogens with one attached hydrogen (secondary N) is 2. The van der Waals surface area contributed by atoms with Crippen molar-refractivity contribution < 1.29 is 4.79 Å². The summed E-state index contributed by atoms with van der Waals surface area (Å²) >= 11 is 0. The van der Waals surface area contributed by atoms with Crippen LogP contribution in [0, 0.1) is 12.8 Å². The lowest BCUT2D eigenvalue weighted by Crippen LogP contribution is -2.40. The van der Waals surface area contributed by atoms with Gasteiger partial charge in [0.15, 0.2) is 0 Å². The molecule has 0 aliphatic heterocycles. The zero-order valence-corrected chi connectivity index (χ0v) is 14.4. The predicted molar refractivity (Wildman–Crippen MR) is 86.5 cm³/mol. The van der Waals surface area contributed by atoms with Gasteiger partial charge in [0.1, 0.15) is 18.0 Å². The lowest BCUT2D eigenvalue weighted by atomic mass is 10.0. The number of aromatic nitrogens is 5. The molecule has 0 bridgehead atoms. The molecule has 2 aromatic heterocycles. The van der Waals surface area contributed by atoms with E-state index in [1.165, 1.54) is 6.33 Å². The van der Waals surface area contributed by atoms with Gasteiger partial charge in [-0.2, -0.15) is 5.10 Å². The standard InChI is InChI=1S/C15H25N7O/c1-10(2)6-12(14-17-9-18-22(14)5)20-15(23)21(4)8-13-16-7-11(3)19-13/h7,9-10,12H,6,8H2,1-5H3,(H,16,19)(H,20,23). The monoisotopic (exact) mass is 319 g/mol. The van der Waals surface area contributed by atoms with Gasteiger partial charge in [-0.1, -0.05) is 13.8 Å². The summed E-state index contributed by atoms with van der Waals surface area (Å²) in [5.74, 6) is 1.95. The van der Waals surface area contributed by atoms with Gasteiger partial charge in [0.2, 0.25) is 0 Å². The van der Waals surface area contributed by atoms with Crippen LogP contribution < -0.4 is 5.32 Å². The van der Waals surface area contributed by atoms with E-state index in [1.54, 1.807) is 22.8 Å². The number of hydrogen-bond donors (Lipinski definition) is 2. The molecule has 126 valence electrons. The van der Waals surface area contributed by atoms with Crippen LogP contribution in [0.25, 0.3) is 0 Å². The molecule has 23 heavy (non-hydrogen) atoms. The van der Waals surface area contributed by atoms with Gasteiger partial charge in [0.05, 0.1) is 12.6 Å². The van der Waals surface area contributed by atoms with Crippen LogP contribution in [0.15, 0.2) is 12.5 Å². The van der Waals surface area contributed by atoms with Crippen LogP contribution in [-0.2, 0) is 13.6 Å². The number of carbonyl (C=O) groups is 1. The average Bonchev–Trinajstić information content (AvgIpc) is 3.06. The summed E-state index contributed by atoms with van der Waals surface area (Å²) < 4.78 is 1.70. The molecule has 0 spiro atoms. The van der Waals surface area contributed by atoms with Gasteiger partial charge in [0.25, 0.3) is 0 Å². The fraction of sp³-hybridized carbons (Fsp3) is 0.600. The third-order valence-corrected chi connectivity index (χ3v) is 3.55. The van der Waals surface area contributed by atoms with Crippen LogP contribution in [0.2, 0.25) is 0 Å². The minimum absolute atomic E-state index is 0.160. The molecule has 0 saturated carbocycles. The first-order valence-corrected chi connectivity index (χ1v) is 7.72. The van der Waals surface area contributed by atoms with Crippen molar-refractivity contribution in [3.63, 3.8) is 0 Å². The van der Waals surface area contributed by atoms with E-state index in [1.807, 2.05) is 14.0 Å². The van der Waals surface area contributed by atoms with Crippen molar-refractivity contribution in [1.29, 1.82) is 0 Å². The molecule has 0 aliphatic rings. The summed E-state index contributed by atoms with van der Waals surface area (Å²) in [6.07, 6.45) is 4.05. The maximum atomic E-state index is 12.5. The molecule has 0 radical (unpaired) electrons. The maximum Gasteiger partial charge on any atom is 0.318 e. The highest BCUT2D eigenvalue weighted by Crippen LogP contribution is 2.19. The SMILES string of the molecule is Cc1cnc(CN(C)C(=O)NC(CC(C)C)c2ncnn2C)[nH]1. The molecule has 0 saturated heterocycles. The van der Waals surface area contributed by atoms with Crippen LogP contribution in [0.3, 0.4) is 0 Å². The Labute approximate surface area is 136 Å². The summed E-state index contributed by atoms with van der Waals surface area (Å²) in [6, 6.07) is -0.330. The van der Waals surface area contributed by atoms with E-state index in [2.05, 4.69) is 39.2 Å². The van der Waals surface area contributed by atoms with Crippen LogP contribution in [0.4, 0.5) is 4.79 Å². The summed E-state index contributed by atoms with van der Waals surface area (Å²) in [6.45, 7) is 6.59. The quantitative estimate of drug-likeness (QED) is 0.849. The highest BCUT2D eigenvalue weighted by Gasteiger charge is 2.22. The molecule has 2 heterocycles. The summed E-state index contributed by atoms with van der Waals surface area (Å²) in [7, 11) is 3.58. The van der Waals surface area contributed by atoms with E-state index in [0.717, 1.165) is 23.8 Å². The van der Waals surface area contributed by atoms with Crippen molar-refractivity contribution in [2.45, 2.75) is 39.8 Å². The Morgan fingerprint density at radius 3 is 2.70 bits per heavy atom. The molecule has 2 rings (SSSR count). The second-order valence-corrected chi connectivity index (χ2v) is 6.24. The Hall–Kier alpha value is -2.38. The fourth-order valence-electron chi connectivity index (χ4n) is 2.42. The normalized spacial score (nSPS) is 12.4. The fourth-order valence-corrected chi connectivity index (χ4v) is 2.42. The van der Waals surface area contributed by atoms with Crippen molar-refractivity contribution in [3.8, 4) is 0 Å². The molecule has 0 aromatic carbocycles. The van der Waals surface area contributed by atoms with Gasteiger partial charge >= 0.3 is 6.03 Å². The summed E-state index contributed by atoms with van der Waals surface area (Å²) in [4.78, 5) is 25.7. The lowest BCUT2D eigenvalue weighted by molar-refractivity contribution is 0.198. The van der Waals surface area contributed by atoms with Gasteiger partial charge in [-0.15, -0.1) is 0 Å². The summed E-state index contributed by atoms with van der Waals surface area (Å²) in [5.41, 5.74) is 0.977. The highest BCUT2D eigenvalue weighted by atomic mass is 16.2. The third-order valence-electron chi connectivity index (χ3n) is 3.55. The number of urea groups is 1. The Kier molecular flexibility index (Phi) is 5.36. The van der Waals surface area contributed by atoms with Crippen LogP contribution >= 0.6 is 0 Å². The molecule has 1 unspecified atom stereocenters. The van der Waals surface area contributed by atoms with Gasteiger partial charge in [-0.3, -0.25) is 4.68 Å². The van der Waals surface area contributed by atoms with Gasteiger partial charge in [-0.25, -0.2) is 14.8 Å². The average molecular weight is 319 g/mol. The Bertz CT molecular complexity index is 646. The molecular weight excluding hydrogens is 294 g/mol. The topological polar surface area (TPSA) is 91.7 Å². The van der Waals surface area contributed by atoms with Crippen LogP contribution in [0.1, 0.15) is 43.7 Å². The lowest BCUT2D eigenvalue weighted by Gasteiger charge is -2.23. The smallest absolute Gasteiger partial charge is 0.318 e. The molecule has 0 aliphatic carbocycles. The number of hydrogen-bond acceptors (Lipinski definition) is 4. The minimum Gasteiger partial charge on any atom is -0.345 e. The van der Waals surface area contributed by atoms with Crippen molar-refractivity contribution in [3.05, 3.63) is 29.9 Å². The zero-order valence-electron chi connectivity index (χ0n) is 14.4. The molecule has 2 aromatic rings. The van der Waals surface area contributed by atoms with E-state index < -0.39 is 0 Å². The largest absolute Gasteiger partial charge is 0.345 e. The first-order valence-electron chi connectivity index (χ1n) is 7.72. The maximum absolute atomic E-state index is 12.5. The Morgan fingerprint density at radius 1 is 1.43 bits per heavy atom. The number of imidazole rings is 1. The molecular formula is C15H25N7O. The first kappa shape index (κ1) is 17.0. The van der Waals surface area contributed by atoms with E-state index in [9.17, 15) is 4.79 Å². The van der Waals surface area contributed by atoms with Crippen LogP contribution in [-0.4, -0.2) is 42.7 Å². The number of nitrogens with zero attached hydrogens (tertiary/aromatic N) is 5. The van der Waals surface area contributed by atoms with Crippen molar-refractivity contribution in [1.82, 2.24) is 34.9 Å². The molecule has 2 N–H and O–H groups in total. The number of rotatable bonds is 6. The van der Waals surface area contributed by atoms with Crippen LogP contribution in [0.5, 0.6) is 0 Å². The molecule has 8 heteroatoms. The minimum atomic E-state index is -0.171. The van der Waals surface area contributed by atoms with Gasteiger partial charge in [0, 0.05) is 26.0 Å². The molecule has 1 atom stereocenters. The van der Waals surface area contributed by atoms with Gasteiger partial charge in [-0.05, 0) is 19.3 Å². The second kappa shape index (κ2) is 7.26. The van der Waals surface area contributed by atoms with Gasteiger partial charge < -0.3 is 15.2 Å². The zero-order chi connectivity index (χ0) is 17.0. The molecule has 8 nitrogen and oxygen atoms in total. The molecule has 2 amide bonds. The van der Waals surface area contributed by atoms with E-state index >= 15 is 0 Å². The van der Waals surface area contributed by atoms with Crippen molar-refractivity contribution in [2.75, 3.05) is 7.05 Å². The Balaban J connectivity index is 2.03. The number of aromatic amines is 1. The van der Waals surface area contributed by atoms with E-state index in [4.69, 9.17) is 0 Å². The highest BCUT2D eigenvalue weighted by molar-refractivity contribution is 5.74. The van der Waals surface area contributed by atoms with E-state index in [-0.39, 0.29) is 12.1 Å². The molecule has 0 fully saturated rings. The van der Waals surface area contributed by atoms with Crippen molar-refractivity contribution in [2.24, 2.45) is 13.0 Å². The second-order valence-electron chi connectivity index (χ2n) is 6.24. The van der Waals surface area contributed by atoms with Crippen molar-refractivity contribution >= 4 is 6.03 Å². The Morgan fingerprint density at radius 2 is 2.17 bits per heavy atom. The van der Waals surface area contributed by atoms with E-state index in [0.29, 0.717) is 12.5 Å². The number of carbonyl (C=O) groups excluding carboxylic acids is 1. The summed E-state index contributed by atoms with van der Waals surface area (Å²) in [5, 5.41) is 7.13. The predicted octanol–water partition coefficient (Wildman–Crippen LogP) is 1.78. The third kappa shape index (κ3) is 4.54.